The lowest BCUT2D eigenvalue weighted by molar-refractivity contribution is 0.101. The van der Waals surface area contributed by atoms with Crippen molar-refractivity contribution >= 4 is 0 Å². The Hall–Kier alpha value is -0.870. The molecule has 1 atom stereocenters. The summed E-state index contributed by atoms with van der Waals surface area (Å²) in [6.07, 6.45) is 7.17. The number of nitrogens with zero attached hydrogens (tertiary/aromatic N) is 2. The minimum absolute atomic E-state index is 0.503. The Morgan fingerprint density at radius 3 is 3.31 bits per heavy atom. The molecular formula is C12H21N3O. The van der Waals surface area contributed by atoms with Gasteiger partial charge in [0.05, 0.1) is 11.8 Å². The summed E-state index contributed by atoms with van der Waals surface area (Å²) in [5.74, 6) is 0. The molecule has 4 nitrogen and oxygen atoms in total. The number of rotatable bonds is 6. The van der Waals surface area contributed by atoms with Crippen molar-refractivity contribution in [3.05, 3.63) is 18.0 Å². The van der Waals surface area contributed by atoms with Crippen LogP contribution in [0.4, 0.5) is 0 Å². The van der Waals surface area contributed by atoms with Gasteiger partial charge in [0.1, 0.15) is 0 Å². The average molecular weight is 223 g/mol. The maximum atomic E-state index is 5.61. The van der Waals surface area contributed by atoms with Gasteiger partial charge in [-0.1, -0.05) is 0 Å². The van der Waals surface area contributed by atoms with Crippen molar-refractivity contribution in [3.63, 3.8) is 0 Å². The Labute approximate surface area is 97.0 Å². The molecule has 1 N–H and O–H groups in total. The highest BCUT2D eigenvalue weighted by molar-refractivity contribution is 4.99. The molecule has 0 amide bonds. The molecule has 2 rings (SSSR count). The highest BCUT2D eigenvalue weighted by Crippen LogP contribution is 2.17. The van der Waals surface area contributed by atoms with Crippen LogP contribution in [0, 0.1) is 0 Å². The average Bonchev–Trinajstić information content (AvgIpc) is 2.91. The predicted molar refractivity (Wildman–Crippen MR) is 63.2 cm³/mol. The van der Waals surface area contributed by atoms with E-state index in [9.17, 15) is 0 Å². The second-order valence-electron chi connectivity index (χ2n) is 4.35. The van der Waals surface area contributed by atoms with E-state index in [1.54, 1.807) is 0 Å². The Morgan fingerprint density at radius 2 is 2.56 bits per heavy atom. The van der Waals surface area contributed by atoms with E-state index in [0.717, 1.165) is 26.1 Å². The topological polar surface area (TPSA) is 39.1 Å². The van der Waals surface area contributed by atoms with Crippen LogP contribution in [0.15, 0.2) is 12.3 Å². The van der Waals surface area contributed by atoms with Crippen LogP contribution < -0.4 is 5.32 Å². The summed E-state index contributed by atoms with van der Waals surface area (Å²) in [6, 6.07) is 2.07. The van der Waals surface area contributed by atoms with Crippen LogP contribution in [-0.4, -0.2) is 29.5 Å². The molecule has 1 aliphatic rings. The molecule has 1 aromatic heterocycles. The van der Waals surface area contributed by atoms with Crippen LogP contribution in [0.1, 0.15) is 31.4 Å². The maximum Gasteiger partial charge on any atom is 0.0576 e. The van der Waals surface area contributed by atoms with E-state index in [-0.39, 0.29) is 0 Å². The van der Waals surface area contributed by atoms with E-state index in [1.165, 1.54) is 25.0 Å². The molecular weight excluding hydrogens is 202 g/mol. The first-order chi connectivity index (χ1) is 7.90. The van der Waals surface area contributed by atoms with Crippen LogP contribution in [0.2, 0.25) is 0 Å². The quantitative estimate of drug-likeness (QED) is 0.795. The molecule has 2 heterocycles. The number of hydrogen-bond donors (Lipinski definition) is 1. The Balaban J connectivity index is 1.73. The molecule has 1 saturated heterocycles. The Kier molecular flexibility index (Phi) is 4.36. The highest BCUT2D eigenvalue weighted by atomic mass is 16.5. The van der Waals surface area contributed by atoms with Gasteiger partial charge in [-0.05, 0) is 38.8 Å². The zero-order chi connectivity index (χ0) is 11.2. The molecule has 90 valence electrons. The molecule has 1 fully saturated rings. The van der Waals surface area contributed by atoms with E-state index in [0.29, 0.717) is 6.10 Å². The zero-order valence-electron chi connectivity index (χ0n) is 9.98. The summed E-state index contributed by atoms with van der Waals surface area (Å²) in [5.41, 5.74) is 1.26. The molecule has 0 aromatic carbocycles. The molecule has 0 radical (unpaired) electrons. The Bertz CT molecular complexity index is 305. The van der Waals surface area contributed by atoms with Crippen LogP contribution >= 0.6 is 0 Å². The molecule has 0 spiro atoms. The van der Waals surface area contributed by atoms with Crippen LogP contribution in [-0.2, 0) is 17.8 Å². The first kappa shape index (κ1) is 11.6. The van der Waals surface area contributed by atoms with Gasteiger partial charge in [0.2, 0.25) is 0 Å². The molecule has 0 aliphatic carbocycles. The van der Waals surface area contributed by atoms with Crippen molar-refractivity contribution in [2.45, 2.75) is 44.9 Å². The number of aromatic nitrogens is 2. The van der Waals surface area contributed by atoms with Crippen molar-refractivity contribution in [3.8, 4) is 0 Å². The fourth-order valence-corrected chi connectivity index (χ4v) is 2.23. The van der Waals surface area contributed by atoms with E-state index in [1.807, 2.05) is 13.2 Å². The van der Waals surface area contributed by atoms with Gasteiger partial charge < -0.3 is 10.1 Å². The lowest BCUT2D eigenvalue weighted by atomic mass is 10.1. The van der Waals surface area contributed by atoms with Crippen molar-refractivity contribution in [2.24, 2.45) is 0 Å². The second kappa shape index (κ2) is 6.01. The fourth-order valence-electron chi connectivity index (χ4n) is 2.23. The maximum absolute atomic E-state index is 5.61. The van der Waals surface area contributed by atoms with Gasteiger partial charge in [-0.15, -0.1) is 0 Å². The predicted octanol–water partition coefficient (Wildman–Crippen LogP) is 1.56. The van der Waals surface area contributed by atoms with Gasteiger partial charge in [-0.25, -0.2) is 0 Å². The lowest BCUT2D eigenvalue weighted by Gasteiger charge is -2.10. The third-order valence-electron chi connectivity index (χ3n) is 3.08. The Morgan fingerprint density at radius 1 is 1.62 bits per heavy atom. The smallest absolute Gasteiger partial charge is 0.0576 e. The first-order valence-electron chi connectivity index (χ1n) is 6.17. The molecule has 0 bridgehead atoms. The number of hydrogen-bond acceptors (Lipinski definition) is 3. The molecule has 1 aromatic rings. The van der Waals surface area contributed by atoms with Crippen molar-refractivity contribution < 1.29 is 4.74 Å². The van der Waals surface area contributed by atoms with Gasteiger partial charge in [-0.2, -0.15) is 5.10 Å². The summed E-state index contributed by atoms with van der Waals surface area (Å²) in [6.45, 7) is 2.85. The summed E-state index contributed by atoms with van der Waals surface area (Å²) in [4.78, 5) is 0. The highest BCUT2D eigenvalue weighted by Gasteiger charge is 2.14. The lowest BCUT2D eigenvalue weighted by Crippen LogP contribution is -2.13. The fraction of sp³-hybridized carbons (Fsp3) is 0.750. The molecule has 1 aliphatic heterocycles. The summed E-state index contributed by atoms with van der Waals surface area (Å²) < 4.78 is 7.70. The van der Waals surface area contributed by atoms with Gasteiger partial charge in [-0.3, -0.25) is 4.68 Å². The second-order valence-corrected chi connectivity index (χ2v) is 4.35. The minimum atomic E-state index is 0.503. The van der Waals surface area contributed by atoms with Crippen molar-refractivity contribution in [2.75, 3.05) is 13.7 Å². The third-order valence-corrected chi connectivity index (χ3v) is 3.08. The number of ether oxygens (including phenoxy) is 1. The van der Waals surface area contributed by atoms with Crippen LogP contribution in [0.5, 0.6) is 0 Å². The van der Waals surface area contributed by atoms with Gasteiger partial charge >= 0.3 is 0 Å². The van der Waals surface area contributed by atoms with Crippen molar-refractivity contribution in [1.82, 2.24) is 15.1 Å². The summed E-state index contributed by atoms with van der Waals surface area (Å²) in [7, 11) is 1.96. The van der Waals surface area contributed by atoms with Crippen LogP contribution in [0.25, 0.3) is 0 Å². The minimum Gasteiger partial charge on any atom is -0.378 e. The van der Waals surface area contributed by atoms with Crippen molar-refractivity contribution in [1.29, 1.82) is 0 Å². The largest absolute Gasteiger partial charge is 0.378 e. The zero-order valence-corrected chi connectivity index (χ0v) is 9.98. The first-order valence-corrected chi connectivity index (χ1v) is 6.17. The van der Waals surface area contributed by atoms with E-state index >= 15 is 0 Å². The molecule has 16 heavy (non-hydrogen) atoms. The van der Waals surface area contributed by atoms with Gasteiger partial charge in [0.25, 0.3) is 0 Å². The van der Waals surface area contributed by atoms with E-state index in [4.69, 9.17) is 4.74 Å². The third kappa shape index (κ3) is 3.06. The normalized spacial score (nSPS) is 20.4. The summed E-state index contributed by atoms with van der Waals surface area (Å²) in [5, 5.41) is 7.49. The van der Waals surface area contributed by atoms with E-state index in [2.05, 4.69) is 21.2 Å². The number of nitrogens with one attached hydrogen (secondary N) is 1. The molecule has 4 heteroatoms. The summed E-state index contributed by atoms with van der Waals surface area (Å²) >= 11 is 0. The molecule has 1 unspecified atom stereocenters. The SMILES string of the molecule is CNCc1ccnn1CCCC1CCCO1. The number of aryl methyl sites for hydroxylation is 1. The monoisotopic (exact) mass is 223 g/mol. The van der Waals surface area contributed by atoms with Gasteiger partial charge in [0, 0.05) is 25.9 Å². The standard InChI is InChI=1S/C12H21N3O/c1-13-10-11-6-7-14-15(11)8-2-4-12-5-3-9-16-12/h6-7,12-13H,2-5,8-10H2,1H3. The van der Waals surface area contributed by atoms with Gasteiger partial charge in [0.15, 0.2) is 0 Å². The van der Waals surface area contributed by atoms with E-state index < -0.39 is 0 Å². The van der Waals surface area contributed by atoms with Crippen LogP contribution in [0.3, 0.4) is 0 Å². The molecule has 0 saturated carbocycles.